The van der Waals surface area contributed by atoms with Gasteiger partial charge in [-0.1, -0.05) is 70.5 Å². The number of methoxy groups -OCH3 is 1. The SMILES string of the molecule is COc1c(C(=O)NCC[C@@H]2CCN(Cc3ccccc3)C2)cc(Br)c2ccccc12. The first-order valence-corrected chi connectivity index (χ1v) is 11.2. The standard InChI is InChI=1S/C25H27BrN2O2/c1-30-24-21-10-6-5-9-20(21)23(26)15-22(24)25(29)27-13-11-19-12-14-28(17-19)16-18-7-3-2-4-8-18/h2-10,15,19H,11-14,16-17H2,1H3,(H,27,29)/t19-/m1/s1. The summed E-state index contributed by atoms with van der Waals surface area (Å²) in [6.45, 7) is 3.90. The molecule has 0 aliphatic carbocycles. The van der Waals surface area contributed by atoms with E-state index in [1.165, 1.54) is 12.0 Å². The van der Waals surface area contributed by atoms with Crippen LogP contribution in [-0.4, -0.2) is 37.6 Å². The van der Waals surface area contributed by atoms with Crippen LogP contribution in [0.3, 0.4) is 0 Å². The van der Waals surface area contributed by atoms with Gasteiger partial charge in [0, 0.05) is 29.5 Å². The fourth-order valence-electron chi connectivity index (χ4n) is 4.31. The van der Waals surface area contributed by atoms with E-state index in [-0.39, 0.29) is 5.91 Å². The Morgan fingerprint density at radius 1 is 1.13 bits per heavy atom. The van der Waals surface area contributed by atoms with Gasteiger partial charge in [0.2, 0.25) is 0 Å². The number of hydrogen-bond donors (Lipinski definition) is 1. The predicted molar refractivity (Wildman–Crippen MR) is 125 cm³/mol. The van der Waals surface area contributed by atoms with Gasteiger partial charge in [0.1, 0.15) is 5.75 Å². The highest BCUT2D eigenvalue weighted by atomic mass is 79.9. The van der Waals surface area contributed by atoms with Crippen LogP contribution in [0.4, 0.5) is 0 Å². The fraction of sp³-hybridized carbons (Fsp3) is 0.320. The van der Waals surface area contributed by atoms with Crippen molar-refractivity contribution in [2.45, 2.75) is 19.4 Å². The molecule has 1 saturated heterocycles. The molecule has 0 unspecified atom stereocenters. The maximum atomic E-state index is 12.9. The number of likely N-dealkylation sites (tertiary alicyclic amines) is 1. The van der Waals surface area contributed by atoms with Crippen molar-refractivity contribution in [3.63, 3.8) is 0 Å². The molecule has 1 atom stereocenters. The summed E-state index contributed by atoms with van der Waals surface area (Å²) in [6.07, 6.45) is 2.18. The van der Waals surface area contributed by atoms with Crippen molar-refractivity contribution < 1.29 is 9.53 Å². The molecule has 0 spiro atoms. The number of rotatable bonds is 7. The monoisotopic (exact) mass is 466 g/mol. The van der Waals surface area contributed by atoms with Crippen LogP contribution in [0.15, 0.2) is 65.1 Å². The second kappa shape index (κ2) is 9.63. The summed E-state index contributed by atoms with van der Waals surface area (Å²) >= 11 is 3.59. The molecule has 3 aromatic rings. The van der Waals surface area contributed by atoms with E-state index in [1.54, 1.807) is 7.11 Å². The average Bonchev–Trinajstić information content (AvgIpc) is 3.21. The van der Waals surface area contributed by atoms with Gasteiger partial charge in [0.25, 0.3) is 5.91 Å². The number of benzene rings is 3. The fourth-order valence-corrected chi connectivity index (χ4v) is 4.89. The molecule has 30 heavy (non-hydrogen) atoms. The third kappa shape index (κ3) is 4.68. The molecule has 1 N–H and O–H groups in total. The average molecular weight is 467 g/mol. The maximum absolute atomic E-state index is 12.9. The Morgan fingerprint density at radius 3 is 2.63 bits per heavy atom. The highest BCUT2D eigenvalue weighted by Gasteiger charge is 2.23. The van der Waals surface area contributed by atoms with Gasteiger partial charge in [-0.2, -0.15) is 0 Å². The summed E-state index contributed by atoms with van der Waals surface area (Å²) in [7, 11) is 1.62. The Morgan fingerprint density at radius 2 is 1.87 bits per heavy atom. The summed E-state index contributed by atoms with van der Waals surface area (Å²) in [5, 5.41) is 5.07. The Kier molecular flexibility index (Phi) is 6.70. The van der Waals surface area contributed by atoms with E-state index < -0.39 is 0 Å². The molecule has 1 amide bonds. The Bertz CT molecular complexity index is 1020. The van der Waals surface area contributed by atoms with Crippen molar-refractivity contribution in [1.82, 2.24) is 10.2 Å². The molecule has 1 heterocycles. The first-order valence-electron chi connectivity index (χ1n) is 10.5. The van der Waals surface area contributed by atoms with E-state index in [2.05, 4.69) is 56.5 Å². The first-order chi connectivity index (χ1) is 14.7. The molecule has 5 heteroatoms. The molecule has 1 aliphatic heterocycles. The van der Waals surface area contributed by atoms with Crippen LogP contribution in [0.2, 0.25) is 0 Å². The highest BCUT2D eigenvalue weighted by Crippen LogP contribution is 2.35. The van der Waals surface area contributed by atoms with Gasteiger partial charge in [-0.15, -0.1) is 0 Å². The van der Waals surface area contributed by atoms with Crippen LogP contribution in [0.5, 0.6) is 5.75 Å². The zero-order valence-electron chi connectivity index (χ0n) is 17.2. The predicted octanol–water partition coefficient (Wildman–Crippen LogP) is 5.25. The molecule has 0 bridgehead atoms. The number of carbonyl (C=O) groups is 1. The lowest BCUT2D eigenvalue weighted by Gasteiger charge is -2.17. The van der Waals surface area contributed by atoms with E-state index in [0.29, 0.717) is 23.8 Å². The van der Waals surface area contributed by atoms with Gasteiger partial charge in [0.05, 0.1) is 12.7 Å². The second-order valence-electron chi connectivity index (χ2n) is 7.90. The van der Waals surface area contributed by atoms with Crippen molar-refractivity contribution in [3.05, 3.63) is 76.3 Å². The summed E-state index contributed by atoms with van der Waals surface area (Å²) in [4.78, 5) is 15.4. The van der Waals surface area contributed by atoms with Gasteiger partial charge >= 0.3 is 0 Å². The Balaban J connectivity index is 1.33. The number of halogens is 1. The van der Waals surface area contributed by atoms with Gasteiger partial charge in [-0.25, -0.2) is 0 Å². The van der Waals surface area contributed by atoms with Crippen molar-refractivity contribution in [3.8, 4) is 5.75 Å². The molecule has 1 fully saturated rings. The topological polar surface area (TPSA) is 41.6 Å². The van der Waals surface area contributed by atoms with Crippen LogP contribution in [0.1, 0.15) is 28.8 Å². The minimum atomic E-state index is -0.0857. The number of amides is 1. The van der Waals surface area contributed by atoms with Crippen LogP contribution < -0.4 is 10.1 Å². The quantitative estimate of drug-likeness (QED) is 0.516. The molecular formula is C25H27BrN2O2. The molecular weight excluding hydrogens is 440 g/mol. The Labute approximate surface area is 186 Å². The maximum Gasteiger partial charge on any atom is 0.255 e. The van der Waals surface area contributed by atoms with Crippen molar-refractivity contribution in [2.24, 2.45) is 5.92 Å². The third-order valence-corrected chi connectivity index (χ3v) is 6.51. The molecule has 4 nitrogen and oxygen atoms in total. The van der Waals surface area contributed by atoms with Gasteiger partial charge in [-0.05, 0) is 42.3 Å². The molecule has 1 aliphatic rings. The zero-order valence-corrected chi connectivity index (χ0v) is 18.8. The number of nitrogens with one attached hydrogen (secondary N) is 1. The molecule has 156 valence electrons. The lowest BCUT2D eigenvalue weighted by atomic mass is 10.0. The van der Waals surface area contributed by atoms with E-state index in [9.17, 15) is 4.79 Å². The lowest BCUT2D eigenvalue weighted by molar-refractivity contribution is 0.0948. The van der Waals surface area contributed by atoms with Crippen LogP contribution in [0, 0.1) is 5.92 Å². The minimum absolute atomic E-state index is 0.0857. The molecule has 0 radical (unpaired) electrons. The smallest absolute Gasteiger partial charge is 0.255 e. The van der Waals surface area contributed by atoms with E-state index >= 15 is 0 Å². The van der Waals surface area contributed by atoms with E-state index in [1.807, 2.05) is 30.3 Å². The van der Waals surface area contributed by atoms with Crippen LogP contribution >= 0.6 is 15.9 Å². The van der Waals surface area contributed by atoms with Crippen LogP contribution in [-0.2, 0) is 6.54 Å². The van der Waals surface area contributed by atoms with E-state index in [4.69, 9.17) is 4.74 Å². The number of ether oxygens (including phenoxy) is 1. The van der Waals surface area contributed by atoms with Crippen LogP contribution in [0.25, 0.3) is 10.8 Å². The van der Waals surface area contributed by atoms with Gasteiger partial charge in [-0.3, -0.25) is 9.69 Å². The number of hydrogen-bond acceptors (Lipinski definition) is 3. The molecule has 3 aromatic carbocycles. The van der Waals surface area contributed by atoms with E-state index in [0.717, 1.165) is 41.3 Å². The number of nitrogens with zero attached hydrogens (tertiary/aromatic N) is 1. The van der Waals surface area contributed by atoms with Crippen molar-refractivity contribution in [2.75, 3.05) is 26.7 Å². The summed E-state index contributed by atoms with van der Waals surface area (Å²) in [6, 6.07) is 20.4. The molecule has 0 saturated carbocycles. The van der Waals surface area contributed by atoms with Gasteiger partial charge in [0.15, 0.2) is 0 Å². The first kappa shape index (κ1) is 20.9. The molecule has 4 rings (SSSR count). The highest BCUT2D eigenvalue weighted by molar-refractivity contribution is 9.10. The summed E-state index contributed by atoms with van der Waals surface area (Å²) < 4.78 is 6.50. The third-order valence-electron chi connectivity index (χ3n) is 5.85. The lowest BCUT2D eigenvalue weighted by Crippen LogP contribution is -2.27. The normalized spacial score (nSPS) is 16.7. The Hall–Kier alpha value is -2.37. The second-order valence-corrected chi connectivity index (χ2v) is 8.76. The zero-order chi connectivity index (χ0) is 20.9. The minimum Gasteiger partial charge on any atom is -0.495 e. The van der Waals surface area contributed by atoms with Gasteiger partial charge < -0.3 is 10.1 Å². The van der Waals surface area contributed by atoms with Crippen molar-refractivity contribution in [1.29, 1.82) is 0 Å². The largest absolute Gasteiger partial charge is 0.495 e. The number of carbonyl (C=O) groups excluding carboxylic acids is 1. The number of fused-ring (bicyclic) bond motifs is 1. The van der Waals surface area contributed by atoms with Crippen molar-refractivity contribution >= 4 is 32.6 Å². The summed E-state index contributed by atoms with van der Waals surface area (Å²) in [5.74, 6) is 1.16. The summed E-state index contributed by atoms with van der Waals surface area (Å²) in [5.41, 5.74) is 1.93. The molecule has 0 aromatic heterocycles.